The Labute approximate surface area is 144 Å². The summed E-state index contributed by atoms with van der Waals surface area (Å²) in [7, 11) is 0. The molecule has 0 unspecified atom stereocenters. The van der Waals surface area contributed by atoms with Gasteiger partial charge in [0, 0.05) is 12.8 Å². The molecule has 2 saturated heterocycles. The summed E-state index contributed by atoms with van der Waals surface area (Å²) in [5.41, 5.74) is 0.659. The molecule has 1 aromatic carbocycles. The van der Waals surface area contributed by atoms with E-state index in [1.165, 1.54) is 0 Å². The van der Waals surface area contributed by atoms with Gasteiger partial charge in [-0.05, 0) is 17.5 Å². The second-order valence-electron chi connectivity index (χ2n) is 7.64. The second kappa shape index (κ2) is 5.06. The predicted molar refractivity (Wildman–Crippen MR) is 86.2 cm³/mol. The zero-order chi connectivity index (χ0) is 18.0. The van der Waals surface area contributed by atoms with Crippen LogP contribution in [-0.4, -0.2) is 35.0 Å². The van der Waals surface area contributed by atoms with Crippen molar-refractivity contribution in [3.63, 3.8) is 0 Å². The number of fused-ring (bicyclic) bond motifs is 2. The van der Waals surface area contributed by atoms with Gasteiger partial charge in [0.05, 0.1) is 5.69 Å². The summed E-state index contributed by atoms with van der Waals surface area (Å²) in [4.78, 5) is 57.7. The van der Waals surface area contributed by atoms with Crippen molar-refractivity contribution >= 4 is 29.1 Å². The maximum Gasteiger partial charge on any atom is 0.265 e. The van der Waals surface area contributed by atoms with Crippen LogP contribution >= 0.6 is 0 Å². The minimum Gasteiger partial charge on any atom is -0.297 e. The summed E-state index contributed by atoms with van der Waals surface area (Å²) in [6, 6.07) is 8.44. The Morgan fingerprint density at radius 3 is 2.20 bits per heavy atom. The first-order valence-corrected chi connectivity index (χ1v) is 8.20. The number of para-hydroxylation sites is 1. The van der Waals surface area contributed by atoms with E-state index in [0.29, 0.717) is 5.69 Å². The minimum absolute atomic E-state index is 0.144. The number of imide groups is 1. The normalized spacial score (nSPS) is 30.2. The number of nitrogens with one attached hydrogen (secondary N) is 1. The lowest BCUT2D eigenvalue weighted by atomic mass is 9.63. The van der Waals surface area contributed by atoms with Crippen molar-refractivity contribution in [1.29, 1.82) is 0 Å². The standard InChI is InChI=1S/C18H18N2O5/c1-17(2)8-11(21)18(12(22)9-17)13-14(25-19-18)16(24)20(15(13)23)10-6-4-3-5-7-10/h3-7,13-14,19H,8-9H2,1-2H3/t13-,14-/m1/s1. The van der Waals surface area contributed by atoms with Crippen LogP contribution in [0.15, 0.2) is 30.3 Å². The van der Waals surface area contributed by atoms with E-state index in [4.69, 9.17) is 4.84 Å². The number of ketones is 2. The Balaban J connectivity index is 1.76. The molecule has 130 valence electrons. The molecule has 1 saturated carbocycles. The van der Waals surface area contributed by atoms with Crippen molar-refractivity contribution in [2.45, 2.75) is 38.3 Å². The summed E-state index contributed by atoms with van der Waals surface area (Å²) < 4.78 is 0. The van der Waals surface area contributed by atoms with Crippen LogP contribution in [-0.2, 0) is 24.0 Å². The maximum absolute atomic E-state index is 13.0. The van der Waals surface area contributed by atoms with Crippen LogP contribution in [0.25, 0.3) is 0 Å². The Kier molecular flexibility index (Phi) is 3.26. The number of amides is 2. The third kappa shape index (κ3) is 2.06. The van der Waals surface area contributed by atoms with Crippen LogP contribution in [0.5, 0.6) is 0 Å². The van der Waals surface area contributed by atoms with E-state index >= 15 is 0 Å². The molecule has 2 heterocycles. The lowest BCUT2D eigenvalue weighted by molar-refractivity contribution is -0.150. The molecule has 4 rings (SSSR count). The summed E-state index contributed by atoms with van der Waals surface area (Å²) in [6.07, 6.45) is -0.877. The maximum atomic E-state index is 13.0. The van der Waals surface area contributed by atoms with Gasteiger partial charge in [0.25, 0.3) is 5.91 Å². The van der Waals surface area contributed by atoms with Crippen molar-refractivity contribution in [2.24, 2.45) is 11.3 Å². The molecule has 0 radical (unpaired) electrons. The largest absolute Gasteiger partial charge is 0.297 e. The highest BCUT2D eigenvalue weighted by molar-refractivity contribution is 6.29. The SMILES string of the molecule is CC1(C)CC(=O)C2(NO[C@H]3C(=O)N(c4ccccc4)C(=O)[C@@H]32)C(=O)C1. The molecule has 3 aliphatic rings. The molecule has 7 nitrogen and oxygen atoms in total. The molecular formula is C18H18N2O5. The van der Waals surface area contributed by atoms with Gasteiger partial charge in [-0.2, -0.15) is 5.48 Å². The van der Waals surface area contributed by atoms with Crippen molar-refractivity contribution < 1.29 is 24.0 Å². The summed E-state index contributed by atoms with van der Waals surface area (Å²) >= 11 is 0. The fraction of sp³-hybridized carbons (Fsp3) is 0.444. The second-order valence-corrected chi connectivity index (χ2v) is 7.64. The van der Waals surface area contributed by atoms with E-state index in [-0.39, 0.29) is 12.8 Å². The molecule has 1 spiro atoms. The quantitative estimate of drug-likeness (QED) is 0.599. The van der Waals surface area contributed by atoms with Crippen molar-refractivity contribution in [2.75, 3.05) is 4.90 Å². The molecular weight excluding hydrogens is 324 g/mol. The molecule has 3 fully saturated rings. The number of anilines is 1. The Hall–Kier alpha value is -2.38. The molecule has 0 bridgehead atoms. The number of benzene rings is 1. The highest BCUT2D eigenvalue weighted by atomic mass is 16.7. The van der Waals surface area contributed by atoms with Crippen molar-refractivity contribution in [3.8, 4) is 0 Å². The van der Waals surface area contributed by atoms with Crippen LogP contribution < -0.4 is 10.4 Å². The van der Waals surface area contributed by atoms with E-state index in [2.05, 4.69) is 5.48 Å². The highest BCUT2D eigenvalue weighted by Gasteiger charge is 2.70. The van der Waals surface area contributed by atoms with Gasteiger partial charge in [0.1, 0.15) is 5.92 Å². The number of hydrogen-bond donors (Lipinski definition) is 1. The number of Topliss-reactive ketones (excluding diaryl/α,β-unsaturated/α-hetero) is 2. The highest BCUT2D eigenvalue weighted by Crippen LogP contribution is 2.46. The van der Waals surface area contributed by atoms with E-state index in [1.54, 1.807) is 30.3 Å². The first-order valence-electron chi connectivity index (χ1n) is 8.20. The molecule has 1 N–H and O–H groups in total. The zero-order valence-electron chi connectivity index (χ0n) is 13.9. The van der Waals surface area contributed by atoms with Gasteiger partial charge in [-0.25, -0.2) is 4.90 Å². The molecule has 2 aliphatic heterocycles. The fourth-order valence-corrected chi connectivity index (χ4v) is 4.06. The Morgan fingerprint density at radius 1 is 1.00 bits per heavy atom. The Bertz CT molecular complexity index is 781. The number of carbonyl (C=O) groups excluding carboxylic acids is 4. The number of hydroxylamine groups is 1. The molecule has 1 aromatic rings. The summed E-state index contributed by atoms with van der Waals surface area (Å²) in [5.74, 6) is -3.07. The minimum atomic E-state index is -1.75. The number of hydrogen-bond acceptors (Lipinski definition) is 6. The zero-order valence-corrected chi connectivity index (χ0v) is 13.9. The number of nitrogens with zero attached hydrogens (tertiary/aromatic N) is 1. The van der Waals surface area contributed by atoms with Crippen molar-refractivity contribution in [3.05, 3.63) is 30.3 Å². The lowest BCUT2D eigenvalue weighted by Gasteiger charge is -2.39. The van der Waals surface area contributed by atoms with Gasteiger partial charge in [-0.1, -0.05) is 32.0 Å². The summed E-state index contributed by atoms with van der Waals surface area (Å²) in [6.45, 7) is 3.67. The monoisotopic (exact) mass is 342 g/mol. The van der Waals surface area contributed by atoms with Gasteiger partial charge in [0.2, 0.25) is 5.91 Å². The average Bonchev–Trinajstić information content (AvgIpc) is 3.05. The van der Waals surface area contributed by atoms with Gasteiger partial charge >= 0.3 is 0 Å². The molecule has 2 amide bonds. The fourth-order valence-electron chi connectivity index (χ4n) is 4.06. The smallest absolute Gasteiger partial charge is 0.265 e. The van der Waals surface area contributed by atoms with Crippen molar-refractivity contribution in [1.82, 2.24) is 5.48 Å². The third-order valence-electron chi connectivity index (χ3n) is 5.24. The number of rotatable bonds is 1. The van der Waals surface area contributed by atoms with E-state index in [0.717, 1.165) is 4.90 Å². The Morgan fingerprint density at radius 2 is 1.60 bits per heavy atom. The summed E-state index contributed by atoms with van der Waals surface area (Å²) in [5, 5.41) is 0. The average molecular weight is 342 g/mol. The van der Waals surface area contributed by atoms with Crippen LogP contribution in [0.2, 0.25) is 0 Å². The molecule has 0 aromatic heterocycles. The van der Waals surface area contributed by atoms with Crippen LogP contribution in [0.1, 0.15) is 26.7 Å². The van der Waals surface area contributed by atoms with E-state index in [1.807, 2.05) is 13.8 Å². The molecule has 7 heteroatoms. The first kappa shape index (κ1) is 16.1. The topological polar surface area (TPSA) is 92.8 Å². The van der Waals surface area contributed by atoms with Gasteiger partial charge < -0.3 is 0 Å². The van der Waals surface area contributed by atoms with Gasteiger partial charge in [-0.15, -0.1) is 0 Å². The molecule has 2 atom stereocenters. The van der Waals surface area contributed by atoms with Crippen LogP contribution in [0, 0.1) is 11.3 Å². The van der Waals surface area contributed by atoms with E-state index in [9.17, 15) is 19.2 Å². The van der Waals surface area contributed by atoms with E-state index < -0.39 is 46.4 Å². The van der Waals surface area contributed by atoms with Gasteiger partial charge in [-0.3, -0.25) is 24.0 Å². The van der Waals surface area contributed by atoms with Gasteiger partial charge in [0.15, 0.2) is 23.2 Å². The molecule has 25 heavy (non-hydrogen) atoms. The molecule has 1 aliphatic carbocycles. The number of carbonyl (C=O) groups is 4. The first-order chi connectivity index (χ1) is 11.8. The third-order valence-corrected chi connectivity index (χ3v) is 5.24. The van der Waals surface area contributed by atoms with Crippen LogP contribution in [0.4, 0.5) is 5.69 Å². The lowest BCUT2D eigenvalue weighted by Crippen LogP contribution is -2.64. The van der Waals surface area contributed by atoms with Crippen LogP contribution in [0.3, 0.4) is 0 Å². The predicted octanol–water partition coefficient (Wildman–Crippen LogP) is 0.776.